The van der Waals surface area contributed by atoms with Crippen molar-refractivity contribution in [3.63, 3.8) is 0 Å². The van der Waals surface area contributed by atoms with Crippen LogP contribution in [0, 0.1) is 6.92 Å². The molecule has 0 bridgehead atoms. The molecule has 9 heteroatoms. The molecular formula is C43H46O9. The van der Waals surface area contributed by atoms with Crippen molar-refractivity contribution >= 4 is 10.8 Å². The Morgan fingerprint density at radius 1 is 0.519 bits per heavy atom. The maximum atomic E-state index is 12.1. The third-order valence-electron chi connectivity index (χ3n) is 9.83. The van der Waals surface area contributed by atoms with Crippen molar-refractivity contribution in [2.24, 2.45) is 0 Å². The summed E-state index contributed by atoms with van der Waals surface area (Å²) < 4.78 is 38.0. The van der Waals surface area contributed by atoms with Gasteiger partial charge in [0.25, 0.3) is 0 Å². The minimum atomic E-state index is -1.38. The smallest absolute Gasteiger partial charge is 0.187 e. The summed E-state index contributed by atoms with van der Waals surface area (Å²) in [5, 5.41) is 36.8. The highest BCUT2D eigenvalue weighted by Crippen LogP contribution is 2.41. The summed E-state index contributed by atoms with van der Waals surface area (Å²) in [5.41, 5.74) is 4.78. The lowest BCUT2D eigenvalue weighted by molar-refractivity contribution is -0.329. The predicted molar refractivity (Wildman–Crippen MR) is 195 cm³/mol. The van der Waals surface area contributed by atoms with Gasteiger partial charge in [-0.3, -0.25) is 0 Å². The van der Waals surface area contributed by atoms with Gasteiger partial charge in [0.15, 0.2) is 6.29 Å². The van der Waals surface area contributed by atoms with E-state index in [9.17, 15) is 15.3 Å². The van der Waals surface area contributed by atoms with E-state index in [1.54, 1.807) is 0 Å². The second-order valence-corrected chi connectivity index (χ2v) is 13.5. The van der Waals surface area contributed by atoms with Crippen LogP contribution in [0.1, 0.15) is 33.9 Å². The number of fused-ring (bicyclic) bond motifs is 1. The maximum absolute atomic E-state index is 12.1. The fraction of sp³-hybridized carbons (Fsp3) is 0.349. The van der Waals surface area contributed by atoms with E-state index in [-0.39, 0.29) is 19.8 Å². The van der Waals surface area contributed by atoms with E-state index in [1.807, 2.05) is 121 Å². The van der Waals surface area contributed by atoms with Gasteiger partial charge in [0.05, 0.1) is 33.0 Å². The van der Waals surface area contributed by atoms with Crippen molar-refractivity contribution in [1.82, 2.24) is 0 Å². The first-order valence-electron chi connectivity index (χ1n) is 17.8. The fourth-order valence-electron chi connectivity index (χ4n) is 7.01. The topological polar surface area (TPSA) is 116 Å². The Hall–Kier alpha value is -4.00. The maximum Gasteiger partial charge on any atom is 0.187 e. The Bertz CT molecular complexity index is 1840. The summed E-state index contributed by atoms with van der Waals surface area (Å²) >= 11 is 0. The zero-order chi connectivity index (χ0) is 35.9. The minimum absolute atomic E-state index is 0.0102. The average molecular weight is 707 g/mol. The standard InChI is InChI=1S/C43H46O9/c1-28-21-22-34(33-20-12-11-19-32(28)33)40-39(46)41(36(50-40)27-48-24-30-15-7-3-8-16-30)52-43-42(49-25-31-17-9-4-10-18-31)38(45)37(44)35(51-43)26-47-23-29-13-5-2-6-14-29/h2-22,35-46H,23-27H2,1H3/t35-,36-,37-,38+,39+,40+,41-,42-,43-/m1/s1. The molecule has 272 valence electrons. The molecule has 2 aliphatic heterocycles. The van der Waals surface area contributed by atoms with E-state index in [4.69, 9.17) is 28.4 Å². The van der Waals surface area contributed by atoms with Gasteiger partial charge in [-0.1, -0.05) is 127 Å². The second-order valence-electron chi connectivity index (χ2n) is 13.5. The number of rotatable bonds is 14. The molecule has 5 aromatic rings. The van der Waals surface area contributed by atoms with Gasteiger partial charge in [0.2, 0.25) is 0 Å². The Morgan fingerprint density at radius 3 is 1.67 bits per heavy atom. The van der Waals surface area contributed by atoms with Crippen LogP contribution in [0.3, 0.4) is 0 Å². The van der Waals surface area contributed by atoms with Gasteiger partial charge in [-0.15, -0.1) is 0 Å². The molecule has 9 atom stereocenters. The van der Waals surface area contributed by atoms with Crippen molar-refractivity contribution in [1.29, 1.82) is 0 Å². The molecule has 7 rings (SSSR count). The molecule has 3 N–H and O–H groups in total. The van der Waals surface area contributed by atoms with Crippen LogP contribution in [0.2, 0.25) is 0 Å². The minimum Gasteiger partial charge on any atom is -0.387 e. The normalized spacial score (nSPS) is 27.6. The summed E-state index contributed by atoms with van der Waals surface area (Å²) in [6.07, 6.45) is -9.46. The van der Waals surface area contributed by atoms with E-state index < -0.39 is 55.1 Å². The fourth-order valence-corrected chi connectivity index (χ4v) is 7.01. The third kappa shape index (κ3) is 8.45. The van der Waals surface area contributed by atoms with Gasteiger partial charge in [0.1, 0.15) is 48.8 Å². The molecule has 2 saturated heterocycles. The van der Waals surface area contributed by atoms with Gasteiger partial charge >= 0.3 is 0 Å². The molecule has 2 fully saturated rings. The summed E-state index contributed by atoms with van der Waals surface area (Å²) in [7, 11) is 0. The van der Waals surface area contributed by atoms with Crippen molar-refractivity contribution in [2.45, 2.75) is 81.9 Å². The van der Waals surface area contributed by atoms with Crippen LogP contribution in [-0.4, -0.2) is 77.6 Å². The molecule has 0 aromatic heterocycles. The molecule has 0 aliphatic carbocycles. The van der Waals surface area contributed by atoms with Crippen molar-refractivity contribution < 1.29 is 43.7 Å². The van der Waals surface area contributed by atoms with Crippen LogP contribution in [0.15, 0.2) is 127 Å². The van der Waals surface area contributed by atoms with Gasteiger partial charge in [0, 0.05) is 0 Å². The lowest BCUT2D eigenvalue weighted by Crippen LogP contribution is -2.61. The molecule has 2 heterocycles. The largest absolute Gasteiger partial charge is 0.387 e. The molecule has 2 aliphatic rings. The van der Waals surface area contributed by atoms with Crippen molar-refractivity contribution in [3.05, 3.63) is 155 Å². The van der Waals surface area contributed by atoms with Crippen LogP contribution in [0.4, 0.5) is 0 Å². The van der Waals surface area contributed by atoms with E-state index in [2.05, 4.69) is 13.0 Å². The first kappa shape index (κ1) is 36.4. The first-order chi connectivity index (χ1) is 25.5. The van der Waals surface area contributed by atoms with Crippen LogP contribution in [-0.2, 0) is 48.2 Å². The molecule has 0 saturated carbocycles. The Labute approximate surface area is 304 Å². The van der Waals surface area contributed by atoms with Crippen LogP contribution < -0.4 is 0 Å². The van der Waals surface area contributed by atoms with Gasteiger partial charge in [-0.05, 0) is 45.5 Å². The van der Waals surface area contributed by atoms with Crippen LogP contribution in [0.5, 0.6) is 0 Å². The molecule has 5 aromatic carbocycles. The first-order valence-corrected chi connectivity index (χ1v) is 17.8. The number of ether oxygens (including phenoxy) is 6. The van der Waals surface area contributed by atoms with E-state index in [1.165, 1.54) is 0 Å². The lowest BCUT2D eigenvalue weighted by atomic mass is 9.93. The summed E-state index contributed by atoms with van der Waals surface area (Å²) in [6.45, 7) is 2.94. The lowest BCUT2D eigenvalue weighted by Gasteiger charge is -2.43. The number of aryl methyl sites for hydroxylation is 1. The Morgan fingerprint density at radius 2 is 1.06 bits per heavy atom. The highest BCUT2D eigenvalue weighted by Gasteiger charge is 2.52. The molecule has 9 nitrogen and oxygen atoms in total. The van der Waals surface area contributed by atoms with E-state index in [0.717, 1.165) is 38.6 Å². The van der Waals surface area contributed by atoms with Crippen LogP contribution in [0.25, 0.3) is 10.8 Å². The second kappa shape index (κ2) is 17.2. The zero-order valence-electron chi connectivity index (χ0n) is 29.1. The highest BCUT2D eigenvalue weighted by atomic mass is 16.7. The van der Waals surface area contributed by atoms with Crippen molar-refractivity contribution in [3.8, 4) is 0 Å². The number of aliphatic hydroxyl groups excluding tert-OH is 3. The van der Waals surface area contributed by atoms with Crippen molar-refractivity contribution in [2.75, 3.05) is 13.2 Å². The Balaban J connectivity index is 1.15. The molecule has 0 spiro atoms. The number of aliphatic hydroxyl groups is 3. The monoisotopic (exact) mass is 706 g/mol. The third-order valence-corrected chi connectivity index (χ3v) is 9.83. The molecule has 0 unspecified atom stereocenters. The molecule has 52 heavy (non-hydrogen) atoms. The number of benzene rings is 5. The number of hydrogen-bond acceptors (Lipinski definition) is 9. The van der Waals surface area contributed by atoms with E-state index in [0.29, 0.717) is 13.2 Å². The van der Waals surface area contributed by atoms with Crippen LogP contribution >= 0.6 is 0 Å². The summed E-state index contributed by atoms with van der Waals surface area (Å²) in [5.74, 6) is 0. The average Bonchev–Trinajstić information content (AvgIpc) is 3.48. The summed E-state index contributed by atoms with van der Waals surface area (Å²) in [6, 6.07) is 41.1. The van der Waals surface area contributed by atoms with Gasteiger partial charge < -0.3 is 43.7 Å². The van der Waals surface area contributed by atoms with Gasteiger partial charge in [-0.2, -0.15) is 0 Å². The zero-order valence-corrected chi connectivity index (χ0v) is 29.1. The predicted octanol–water partition coefficient (Wildman–Crippen LogP) is 5.80. The highest BCUT2D eigenvalue weighted by molar-refractivity contribution is 5.89. The Kier molecular flexibility index (Phi) is 12.0. The molecular weight excluding hydrogens is 660 g/mol. The van der Waals surface area contributed by atoms with Gasteiger partial charge in [-0.25, -0.2) is 0 Å². The number of hydrogen-bond donors (Lipinski definition) is 3. The molecule has 0 amide bonds. The van der Waals surface area contributed by atoms with E-state index >= 15 is 0 Å². The molecule has 0 radical (unpaired) electrons. The SMILES string of the molecule is Cc1ccc([C@@H]2O[C@H](COCc3ccccc3)[C@@H](O[C@H]3O[C@H](COCc4ccccc4)[C@@H](O)[C@H](O)[C@H]3OCc3ccccc3)[C@H]2O)c2ccccc12. The quantitative estimate of drug-likeness (QED) is 0.132. The summed E-state index contributed by atoms with van der Waals surface area (Å²) in [4.78, 5) is 0.